The lowest BCUT2D eigenvalue weighted by Crippen LogP contribution is -2.19. The topological polar surface area (TPSA) is 86.8 Å². The first-order valence-corrected chi connectivity index (χ1v) is 14.6. The number of aromatic nitrogens is 1. The number of nitrogens with zero attached hydrogens (tertiary/aromatic N) is 2. The summed E-state index contributed by atoms with van der Waals surface area (Å²) in [5.74, 6) is -1.51. The van der Waals surface area contributed by atoms with Crippen LogP contribution < -0.4 is 15.1 Å². The highest BCUT2D eigenvalue weighted by atomic mass is 79.9. The number of esters is 1. The Hall–Kier alpha value is -4.42. The van der Waals surface area contributed by atoms with Crippen LogP contribution in [0, 0.1) is 0 Å². The number of halogens is 5. The highest BCUT2D eigenvalue weighted by Gasteiger charge is 2.31. The van der Waals surface area contributed by atoms with Gasteiger partial charge in [-0.1, -0.05) is 52.3 Å². The van der Waals surface area contributed by atoms with Gasteiger partial charge in [-0.3, -0.25) is 4.79 Å². The number of alkyl halides is 3. The fourth-order valence-corrected chi connectivity index (χ4v) is 5.85. The van der Waals surface area contributed by atoms with Gasteiger partial charge in [0.25, 0.3) is 5.91 Å². The Morgan fingerprint density at radius 1 is 0.955 bits per heavy atom. The average Bonchev–Trinajstić information content (AvgIpc) is 3.38. The number of hydrazone groups is 1. The van der Waals surface area contributed by atoms with Gasteiger partial charge in [-0.05, 0) is 70.0 Å². The number of amides is 1. The lowest BCUT2D eigenvalue weighted by molar-refractivity contribution is -0.137. The van der Waals surface area contributed by atoms with Gasteiger partial charge in [0.2, 0.25) is 0 Å². The van der Waals surface area contributed by atoms with Crippen molar-refractivity contribution in [3.8, 4) is 16.9 Å². The van der Waals surface area contributed by atoms with Crippen molar-refractivity contribution >= 4 is 66.5 Å². The van der Waals surface area contributed by atoms with E-state index in [1.807, 2.05) is 67.5 Å². The van der Waals surface area contributed by atoms with Gasteiger partial charge in [-0.2, -0.15) is 18.3 Å². The second-order valence-electron chi connectivity index (χ2n) is 9.84. The molecule has 5 aromatic rings. The van der Waals surface area contributed by atoms with Gasteiger partial charge in [0.1, 0.15) is 5.69 Å². The van der Waals surface area contributed by atoms with Crippen molar-refractivity contribution in [3.05, 3.63) is 116 Å². The van der Waals surface area contributed by atoms with E-state index in [4.69, 9.17) is 4.74 Å². The first-order valence-electron chi connectivity index (χ1n) is 13.0. The summed E-state index contributed by atoms with van der Waals surface area (Å²) in [6.07, 6.45) is -3.35. The van der Waals surface area contributed by atoms with Crippen LogP contribution in [0.2, 0.25) is 0 Å². The van der Waals surface area contributed by atoms with Gasteiger partial charge in [-0.15, -0.1) is 0 Å². The first kappa shape index (κ1) is 31.0. The molecule has 12 heteroatoms. The maximum atomic E-state index is 13.4. The smallest absolute Gasteiger partial charge is 0.416 e. The van der Waals surface area contributed by atoms with E-state index < -0.39 is 23.6 Å². The van der Waals surface area contributed by atoms with E-state index in [0.717, 1.165) is 40.4 Å². The van der Waals surface area contributed by atoms with Gasteiger partial charge in [0.05, 0.1) is 21.8 Å². The molecule has 4 aromatic carbocycles. The number of hydrogen-bond donors (Lipinski definition) is 2. The molecule has 5 rings (SSSR count). The molecule has 224 valence electrons. The van der Waals surface area contributed by atoms with Crippen LogP contribution in [0.4, 0.5) is 18.9 Å². The summed E-state index contributed by atoms with van der Waals surface area (Å²) in [6, 6.07) is 22.5. The molecule has 0 bridgehead atoms. The molecule has 0 unspecified atom stereocenters. The number of hydrogen-bond acceptors (Lipinski definition) is 5. The van der Waals surface area contributed by atoms with E-state index in [1.165, 1.54) is 12.3 Å². The van der Waals surface area contributed by atoms with E-state index >= 15 is 0 Å². The normalized spacial score (nSPS) is 11.6. The third-order valence-corrected chi connectivity index (χ3v) is 7.66. The maximum absolute atomic E-state index is 13.4. The minimum atomic E-state index is -4.62. The number of aromatic amines is 1. The SMILES string of the molecule is CN(C)c1ccc2[nH]c(C(=O)NN=Cc3cc(Br)cc(Br)c3OC(=O)c3cccc(C(F)(F)F)c3)c(-c3ccccc3)c2c1. The molecule has 0 aliphatic carbocycles. The van der Waals surface area contributed by atoms with E-state index in [9.17, 15) is 22.8 Å². The quantitative estimate of drug-likeness (QED) is 0.0763. The predicted octanol–water partition coefficient (Wildman–Crippen LogP) is 8.43. The van der Waals surface area contributed by atoms with Crippen molar-refractivity contribution in [1.29, 1.82) is 0 Å². The molecule has 0 spiro atoms. The van der Waals surface area contributed by atoms with Crippen molar-refractivity contribution in [1.82, 2.24) is 10.4 Å². The van der Waals surface area contributed by atoms with Crippen LogP contribution in [0.25, 0.3) is 22.0 Å². The molecule has 7 nitrogen and oxygen atoms in total. The second kappa shape index (κ2) is 12.7. The first-order chi connectivity index (χ1) is 20.9. The molecule has 44 heavy (non-hydrogen) atoms. The highest BCUT2D eigenvalue weighted by Crippen LogP contribution is 2.36. The molecule has 0 radical (unpaired) electrons. The molecule has 2 N–H and O–H groups in total. The number of ether oxygens (including phenoxy) is 1. The number of carbonyl (C=O) groups excluding carboxylic acids is 2. The van der Waals surface area contributed by atoms with Crippen LogP contribution in [0.3, 0.4) is 0 Å². The Balaban J connectivity index is 1.44. The predicted molar refractivity (Wildman–Crippen MR) is 171 cm³/mol. The number of benzene rings is 4. The van der Waals surface area contributed by atoms with Crippen molar-refractivity contribution < 1.29 is 27.5 Å². The van der Waals surface area contributed by atoms with Gasteiger partial charge < -0.3 is 14.6 Å². The Bertz CT molecular complexity index is 1900. The van der Waals surface area contributed by atoms with Crippen molar-refractivity contribution in [2.45, 2.75) is 6.18 Å². The zero-order chi connectivity index (χ0) is 31.6. The second-order valence-corrected chi connectivity index (χ2v) is 11.6. The minimum Gasteiger partial charge on any atom is -0.421 e. The molecule has 1 aromatic heterocycles. The van der Waals surface area contributed by atoms with Gasteiger partial charge in [-0.25, -0.2) is 10.2 Å². The molecular formula is C32H23Br2F3N4O3. The van der Waals surface area contributed by atoms with E-state index in [2.05, 4.69) is 47.4 Å². The zero-order valence-electron chi connectivity index (χ0n) is 23.2. The van der Waals surface area contributed by atoms with E-state index in [1.54, 1.807) is 12.1 Å². The summed E-state index contributed by atoms with van der Waals surface area (Å²) in [7, 11) is 3.87. The number of anilines is 1. The largest absolute Gasteiger partial charge is 0.421 e. The van der Waals surface area contributed by atoms with Crippen molar-refractivity contribution in [2.75, 3.05) is 19.0 Å². The Morgan fingerprint density at radius 3 is 2.41 bits per heavy atom. The summed E-state index contributed by atoms with van der Waals surface area (Å²) < 4.78 is 45.9. The van der Waals surface area contributed by atoms with E-state index in [0.29, 0.717) is 20.2 Å². The standard InChI is InChI=1S/C32H23Br2F3N4O3/c1-41(2)23-11-12-26-24(16-23)27(18-7-4-3-5-8-18)28(39-26)30(42)40-38-17-20-14-22(33)15-25(34)29(20)44-31(43)19-9-6-10-21(13-19)32(35,36)37/h3-17,39H,1-2H3,(H,40,42). The summed E-state index contributed by atoms with van der Waals surface area (Å²) >= 11 is 6.69. The molecule has 0 aliphatic rings. The van der Waals surface area contributed by atoms with E-state index in [-0.39, 0.29) is 16.9 Å². The number of fused-ring (bicyclic) bond motifs is 1. The molecule has 0 fully saturated rings. The number of H-pyrrole nitrogens is 1. The van der Waals surface area contributed by atoms with Gasteiger partial charge >= 0.3 is 12.1 Å². The summed E-state index contributed by atoms with van der Waals surface area (Å²) in [5, 5.41) is 4.96. The number of rotatable bonds is 7. The number of carbonyl (C=O) groups is 2. The van der Waals surface area contributed by atoms with Crippen LogP contribution in [-0.2, 0) is 6.18 Å². The fourth-order valence-electron chi connectivity index (χ4n) is 4.51. The summed E-state index contributed by atoms with van der Waals surface area (Å²) in [5.41, 5.74) is 5.10. The van der Waals surface area contributed by atoms with Gasteiger partial charge in [0, 0.05) is 46.3 Å². The minimum absolute atomic E-state index is 0.000382. The third-order valence-electron chi connectivity index (χ3n) is 6.62. The lowest BCUT2D eigenvalue weighted by Gasteiger charge is -2.12. The Labute approximate surface area is 267 Å². The Morgan fingerprint density at radius 2 is 1.70 bits per heavy atom. The monoisotopic (exact) mass is 726 g/mol. The Kier molecular flexibility index (Phi) is 8.93. The molecule has 0 atom stereocenters. The zero-order valence-corrected chi connectivity index (χ0v) is 26.3. The molecule has 1 heterocycles. The molecule has 0 aliphatic heterocycles. The highest BCUT2D eigenvalue weighted by molar-refractivity contribution is 9.11. The maximum Gasteiger partial charge on any atom is 0.416 e. The molecular weight excluding hydrogens is 705 g/mol. The van der Waals surface area contributed by atoms with Crippen LogP contribution in [0.15, 0.2) is 99.0 Å². The average molecular weight is 728 g/mol. The van der Waals surface area contributed by atoms with Crippen molar-refractivity contribution in [3.63, 3.8) is 0 Å². The van der Waals surface area contributed by atoms with Crippen LogP contribution >= 0.6 is 31.9 Å². The van der Waals surface area contributed by atoms with Crippen LogP contribution in [-0.4, -0.2) is 37.2 Å². The molecule has 1 amide bonds. The molecule has 0 saturated carbocycles. The summed E-state index contributed by atoms with van der Waals surface area (Å²) in [6.45, 7) is 0. The van der Waals surface area contributed by atoms with Crippen LogP contribution in [0.1, 0.15) is 32.0 Å². The fraction of sp³-hybridized carbons (Fsp3) is 0.0938. The third kappa shape index (κ3) is 6.71. The number of nitrogens with one attached hydrogen (secondary N) is 2. The molecule has 0 saturated heterocycles. The van der Waals surface area contributed by atoms with Crippen LogP contribution in [0.5, 0.6) is 5.75 Å². The van der Waals surface area contributed by atoms with Gasteiger partial charge in [0.15, 0.2) is 5.75 Å². The summed E-state index contributed by atoms with van der Waals surface area (Å²) in [4.78, 5) is 31.4. The lowest BCUT2D eigenvalue weighted by atomic mass is 10.0. The van der Waals surface area contributed by atoms with Crippen molar-refractivity contribution in [2.24, 2.45) is 5.10 Å².